The number of rotatable bonds is 11. The summed E-state index contributed by atoms with van der Waals surface area (Å²) in [5.41, 5.74) is 6.60. The quantitative estimate of drug-likeness (QED) is 0.115. The molecule has 9 heteroatoms. The van der Waals surface area contributed by atoms with E-state index in [2.05, 4.69) is 29.7 Å². The largest absolute Gasteiger partial charge is 0.431 e. The summed E-state index contributed by atoms with van der Waals surface area (Å²) in [5.74, 6) is 3.71. The second kappa shape index (κ2) is 15.6. The summed E-state index contributed by atoms with van der Waals surface area (Å²) in [6.07, 6.45) is 6.43. The van der Waals surface area contributed by atoms with Crippen molar-refractivity contribution < 1.29 is 23.8 Å². The van der Waals surface area contributed by atoms with Gasteiger partial charge in [-0.05, 0) is 73.0 Å². The van der Waals surface area contributed by atoms with Gasteiger partial charge in [-0.2, -0.15) is 0 Å². The van der Waals surface area contributed by atoms with Crippen LogP contribution in [0.4, 0.5) is 4.79 Å². The number of nitrogens with zero attached hydrogens (tertiary/aromatic N) is 1. The Labute approximate surface area is 327 Å². The number of thioether (sulfide) groups is 1. The van der Waals surface area contributed by atoms with Crippen LogP contribution in [0.3, 0.4) is 0 Å². The van der Waals surface area contributed by atoms with E-state index in [4.69, 9.17) is 18.9 Å². The smallest absolute Gasteiger partial charge is 0.315 e. The van der Waals surface area contributed by atoms with E-state index in [-0.39, 0.29) is 36.3 Å². The van der Waals surface area contributed by atoms with Crippen molar-refractivity contribution in [2.75, 3.05) is 5.75 Å². The number of aliphatic hydroxyl groups excluding tert-OH is 1. The molecule has 5 aliphatic rings. The number of benzene rings is 4. The first-order chi connectivity index (χ1) is 26.9. The lowest BCUT2D eigenvalue weighted by atomic mass is 9.53. The van der Waals surface area contributed by atoms with E-state index in [9.17, 15) is 9.90 Å². The number of nitrogens with one attached hydrogen (secondary N) is 2. The van der Waals surface area contributed by atoms with Gasteiger partial charge in [0, 0.05) is 40.4 Å². The van der Waals surface area contributed by atoms with E-state index in [1.165, 1.54) is 19.3 Å². The highest BCUT2D eigenvalue weighted by Crippen LogP contribution is 2.55. The summed E-state index contributed by atoms with van der Waals surface area (Å²) in [4.78, 5) is 18.1. The topological polar surface area (TPSA) is 106 Å². The maximum absolute atomic E-state index is 13.1. The van der Waals surface area contributed by atoms with E-state index in [1.807, 2.05) is 97.1 Å². The van der Waals surface area contributed by atoms with Crippen molar-refractivity contribution in [3.63, 3.8) is 0 Å². The van der Waals surface area contributed by atoms with Gasteiger partial charge in [0.2, 0.25) is 0 Å². The highest BCUT2D eigenvalue weighted by atomic mass is 32.2. The zero-order valence-corrected chi connectivity index (χ0v) is 32.0. The molecule has 5 aromatic rings. The zero-order valence-electron chi connectivity index (χ0n) is 31.2. The van der Waals surface area contributed by atoms with Gasteiger partial charge in [0.05, 0.1) is 18.8 Å². The average Bonchev–Trinajstić information content (AvgIpc) is 3.64. The first-order valence-corrected chi connectivity index (χ1v) is 20.8. The molecule has 1 saturated heterocycles. The first-order valence-electron chi connectivity index (χ1n) is 19.8. The van der Waals surface area contributed by atoms with Crippen LogP contribution >= 0.6 is 11.8 Å². The van der Waals surface area contributed by atoms with Crippen LogP contribution in [0.2, 0.25) is 0 Å². The predicted octanol–water partition coefficient (Wildman–Crippen LogP) is 9.85. The summed E-state index contributed by atoms with van der Waals surface area (Å²) in [5, 5.41) is 16.8. The van der Waals surface area contributed by atoms with E-state index >= 15 is 0 Å². The Hall–Kier alpha value is -4.41. The SMILES string of the molecule is CC1C(CSc2nc(-c3ccccc3)c(-c3ccccc3)o2)OC(c2ccc(CNC(=O)NC34CC5CC(CC(C5)C3)C4)cc2)OC1c1ccc(CO)cc1. The molecule has 4 aromatic carbocycles. The van der Waals surface area contributed by atoms with E-state index in [0.717, 1.165) is 81.9 Å². The van der Waals surface area contributed by atoms with Crippen molar-refractivity contribution in [2.45, 2.75) is 87.9 Å². The van der Waals surface area contributed by atoms with Gasteiger partial charge in [0.25, 0.3) is 5.22 Å². The molecule has 5 fully saturated rings. The molecular formula is C46H49N3O5S. The predicted molar refractivity (Wildman–Crippen MR) is 214 cm³/mol. The number of aliphatic hydroxyl groups is 1. The Morgan fingerprint density at radius 2 is 1.38 bits per heavy atom. The minimum Gasteiger partial charge on any atom is -0.431 e. The first kappa shape index (κ1) is 36.2. The fourth-order valence-electron chi connectivity index (χ4n) is 9.93. The van der Waals surface area contributed by atoms with Gasteiger partial charge in [-0.25, -0.2) is 9.78 Å². The molecule has 2 amide bonds. The molecule has 1 aromatic heterocycles. The number of hydrogen-bond acceptors (Lipinski definition) is 7. The van der Waals surface area contributed by atoms with Crippen molar-refractivity contribution in [2.24, 2.45) is 23.7 Å². The minimum absolute atomic E-state index is 0.0103. The molecule has 0 spiro atoms. The number of aromatic nitrogens is 1. The fraction of sp³-hybridized carbons (Fsp3) is 0.391. The number of ether oxygens (including phenoxy) is 2. The van der Waals surface area contributed by atoms with Crippen LogP contribution in [0.1, 0.15) is 80.1 Å². The monoisotopic (exact) mass is 755 g/mol. The maximum Gasteiger partial charge on any atom is 0.315 e. The molecule has 3 N–H and O–H groups in total. The highest BCUT2D eigenvalue weighted by Gasteiger charge is 2.51. The Morgan fingerprint density at radius 3 is 2.02 bits per heavy atom. The molecule has 4 bridgehead atoms. The summed E-state index contributed by atoms with van der Waals surface area (Å²) < 4.78 is 19.9. The third kappa shape index (κ3) is 7.85. The number of amides is 2. The van der Waals surface area contributed by atoms with E-state index < -0.39 is 6.29 Å². The molecule has 2 heterocycles. The maximum atomic E-state index is 13.1. The van der Waals surface area contributed by atoms with Gasteiger partial charge in [-0.1, -0.05) is 128 Å². The summed E-state index contributed by atoms with van der Waals surface area (Å²) in [6, 6.07) is 36.3. The van der Waals surface area contributed by atoms with Crippen LogP contribution in [-0.4, -0.2) is 33.5 Å². The van der Waals surface area contributed by atoms with Gasteiger partial charge < -0.3 is 29.6 Å². The average molecular weight is 756 g/mol. The highest BCUT2D eigenvalue weighted by molar-refractivity contribution is 7.99. The van der Waals surface area contributed by atoms with E-state index in [0.29, 0.717) is 17.5 Å². The lowest BCUT2D eigenvalue weighted by Gasteiger charge is -2.56. The van der Waals surface area contributed by atoms with Crippen molar-refractivity contribution in [3.8, 4) is 22.6 Å². The zero-order chi connectivity index (χ0) is 37.4. The summed E-state index contributed by atoms with van der Waals surface area (Å²) in [7, 11) is 0. The molecule has 10 rings (SSSR count). The molecule has 1 aliphatic heterocycles. The van der Waals surface area contributed by atoms with Gasteiger partial charge in [0.1, 0.15) is 5.69 Å². The summed E-state index contributed by atoms with van der Waals surface area (Å²) >= 11 is 1.55. The lowest BCUT2D eigenvalue weighted by molar-refractivity contribution is -0.268. The molecule has 55 heavy (non-hydrogen) atoms. The Morgan fingerprint density at radius 1 is 0.782 bits per heavy atom. The van der Waals surface area contributed by atoms with Crippen LogP contribution in [0.5, 0.6) is 0 Å². The van der Waals surface area contributed by atoms with Gasteiger partial charge in [-0.3, -0.25) is 0 Å². The molecule has 284 valence electrons. The van der Waals surface area contributed by atoms with Crippen LogP contribution in [-0.2, 0) is 22.6 Å². The van der Waals surface area contributed by atoms with Crippen molar-refractivity contribution in [3.05, 3.63) is 131 Å². The standard InChI is InChI=1S/C46H49N3O5S/c1-29-39(28-55-45-48-40(35-8-4-2-5-9-35)42(54-45)36-10-6-3-7-11-36)52-43(53-41(29)37-16-14-31(27-50)15-17-37)38-18-12-30(13-19-38)26-47-44(51)49-46-23-32-20-33(24-46)22-34(21-32)25-46/h2-19,29,32-34,39,41,43,50H,20-28H2,1H3,(H2,47,49,51). The number of carbonyl (C=O) groups excluding carboxylic acids is 1. The Balaban J connectivity index is 0.899. The molecule has 4 unspecified atom stereocenters. The number of oxazole rings is 1. The molecule has 0 radical (unpaired) electrons. The van der Waals surface area contributed by atoms with Crippen molar-refractivity contribution in [1.82, 2.24) is 15.6 Å². The van der Waals surface area contributed by atoms with E-state index in [1.54, 1.807) is 11.8 Å². The number of hydrogen-bond donors (Lipinski definition) is 3. The Bertz CT molecular complexity index is 1980. The third-order valence-electron chi connectivity index (χ3n) is 12.3. The van der Waals surface area contributed by atoms with Crippen molar-refractivity contribution in [1.29, 1.82) is 0 Å². The number of carbonyl (C=O) groups is 1. The van der Waals surface area contributed by atoms with Crippen LogP contribution in [0.15, 0.2) is 119 Å². The molecule has 4 saturated carbocycles. The Kier molecular flexibility index (Phi) is 10.3. The normalized spacial score (nSPS) is 28.2. The molecule has 8 nitrogen and oxygen atoms in total. The third-order valence-corrected chi connectivity index (χ3v) is 13.2. The van der Waals surface area contributed by atoms with Gasteiger partial charge >= 0.3 is 6.03 Å². The molecule has 4 atom stereocenters. The number of urea groups is 1. The minimum atomic E-state index is -0.602. The second-order valence-electron chi connectivity index (χ2n) is 16.3. The lowest BCUT2D eigenvalue weighted by Crippen LogP contribution is -2.61. The molecule has 4 aliphatic carbocycles. The fourth-order valence-corrected chi connectivity index (χ4v) is 10.9. The molecular weight excluding hydrogens is 707 g/mol. The van der Waals surface area contributed by atoms with Crippen LogP contribution < -0.4 is 10.6 Å². The van der Waals surface area contributed by atoms with Crippen LogP contribution in [0, 0.1) is 23.7 Å². The van der Waals surface area contributed by atoms with Crippen molar-refractivity contribution >= 4 is 17.8 Å². The van der Waals surface area contributed by atoms with Crippen LogP contribution in [0.25, 0.3) is 22.6 Å². The second-order valence-corrected chi connectivity index (χ2v) is 17.2. The van der Waals surface area contributed by atoms with Gasteiger partial charge in [-0.15, -0.1) is 0 Å². The summed E-state index contributed by atoms with van der Waals surface area (Å²) in [6.45, 7) is 2.60. The van der Waals surface area contributed by atoms with Gasteiger partial charge in [0.15, 0.2) is 12.1 Å².